The standard InChI is InChI=1S/C30H37N3O5/c1-4-14-31-27(35)24-23-12-13-30(38-23)25(24)29(37)33(21(17-34)16-20-8-6-5-7-9-20)26(30)28(36)32-22-15-18(2)10-11-19(22)3/h5-11,15,21,23-26,34H,4,12-14,16-17H2,1-3H3,(H,31,35)(H,32,36)/t21-,23-,24+,25+,26?,30?/m1/s1. The molecular weight excluding hydrogens is 482 g/mol. The summed E-state index contributed by atoms with van der Waals surface area (Å²) in [5.74, 6) is -2.26. The highest BCUT2D eigenvalue weighted by molar-refractivity contribution is 6.04. The molecule has 8 nitrogen and oxygen atoms in total. The Bertz CT molecular complexity index is 1220. The van der Waals surface area contributed by atoms with Crippen molar-refractivity contribution in [3.8, 4) is 0 Å². The summed E-state index contributed by atoms with van der Waals surface area (Å²) >= 11 is 0. The van der Waals surface area contributed by atoms with E-state index in [0.717, 1.165) is 23.1 Å². The number of amides is 3. The molecule has 202 valence electrons. The maximum absolute atomic E-state index is 14.2. The molecule has 0 radical (unpaired) electrons. The molecule has 3 saturated heterocycles. The molecule has 3 aliphatic heterocycles. The number of aliphatic hydroxyl groups excluding tert-OH is 1. The molecule has 3 amide bonds. The number of carbonyl (C=O) groups is 3. The number of aryl methyl sites for hydroxylation is 2. The SMILES string of the molecule is CCCNC(=O)[C@@H]1[C@H]2C(=O)N([C@@H](CO)Cc3ccccc3)C(C(=O)Nc3cc(C)ccc3C)C23CC[C@H]1O3. The molecule has 2 aromatic carbocycles. The van der Waals surface area contributed by atoms with E-state index in [9.17, 15) is 19.5 Å². The second-order valence-electron chi connectivity index (χ2n) is 10.9. The normalized spacial score (nSPS) is 28.3. The van der Waals surface area contributed by atoms with Crippen LogP contribution >= 0.6 is 0 Å². The Kier molecular flexibility index (Phi) is 7.29. The van der Waals surface area contributed by atoms with Crippen molar-refractivity contribution < 1.29 is 24.2 Å². The third-order valence-electron chi connectivity index (χ3n) is 8.41. The van der Waals surface area contributed by atoms with Gasteiger partial charge in [-0.3, -0.25) is 14.4 Å². The van der Waals surface area contributed by atoms with Crippen molar-refractivity contribution in [3.63, 3.8) is 0 Å². The van der Waals surface area contributed by atoms with Crippen molar-refractivity contribution >= 4 is 23.4 Å². The quantitative estimate of drug-likeness (QED) is 0.472. The number of hydrogen-bond acceptors (Lipinski definition) is 5. The Morgan fingerprint density at radius 2 is 1.92 bits per heavy atom. The lowest BCUT2D eigenvalue weighted by atomic mass is 9.70. The van der Waals surface area contributed by atoms with Gasteiger partial charge in [0.05, 0.1) is 30.6 Å². The van der Waals surface area contributed by atoms with Gasteiger partial charge in [0, 0.05) is 12.2 Å². The Morgan fingerprint density at radius 3 is 2.63 bits per heavy atom. The highest BCUT2D eigenvalue weighted by Crippen LogP contribution is 2.59. The predicted molar refractivity (Wildman–Crippen MR) is 143 cm³/mol. The number of nitrogens with one attached hydrogen (secondary N) is 2. The average Bonchev–Trinajstić information content (AvgIpc) is 3.56. The highest BCUT2D eigenvalue weighted by atomic mass is 16.5. The molecular formula is C30H37N3O5. The Balaban J connectivity index is 1.54. The maximum Gasteiger partial charge on any atom is 0.250 e. The minimum atomic E-state index is -1.11. The minimum Gasteiger partial charge on any atom is -0.394 e. The number of anilines is 1. The molecule has 0 aromatic heterocycles. The molecule has 3 N–H and O–H groups in total. The van der Waals surface area contributed by atoms with Gasteiger partial charge in [-0.1, -0.05) is 49.4 Å². The van der Waals surface area contributed by atoms with Crippen molar-refractivity contribution in [3.05, 3.63) is 65.2 Å². The van der Waals surface area contributed by atoms with E-state index in [0.29, 0.717) is 31.5 Å². The molecule has 2 aromatic rings. The minimum absolute atomic E-state index is 0.198. The van der Waals surface area contributed by atoms with E-state index in [1.807, 2.05) is 69.3 Å². The fourth-order valence-electron chi connectivity index (χ4n) is 6.66. The molecule has 1 spiro atoms. The molecule has 3 aliphatic rings. The van der Waals surface area contributed by atoms with Crippen LogP contribution in [-0.4, -0.2) is 64.7 Å². The summed E-state index contributed by atoms with van der Waals surface area (Å²) in [5.41, 5.74) is 2.43. The number of hydrogen-bond donors (Lipinski definition) is 3. The van der Waals surface area contributed by atoms with E-state index in [1.54, 1.807) is 0 Å². The smallest absolute Gasteiger partial charge is 0.250 e. The van der Waals surface area contributed by atoms with Gasteiger partial charge < -0.3 is 25.4 Å². The molecule has 0 saturated carbocycles. The monoisotopic (exact) mass is 519 g/mol. The van der Waals surface area contributed by atoms with Crippen LogP contribution < -0.4 is 10.6 Å². The number of benzene rings is 2. The fraction of sp³-hybridized carbons (Fsp3) is 0.500. The second kappa shape index (κ2) is 10.5. The molecule has 6 atom stereocenters. The molecule has 0 aliphatic carbocycles. The summed E-state index contributed by atoms with van der Waals surface area (Å²) in [6, 6.07) is 13.8. The molecule has 8 heteroatoms. The first kappa shape index (κ1) is 26.4. The average molecular weight is 520 g/mol. The molecule has 38 heavy (non-hydrogen) atoms. The molecule has 2 bridgehead atoms. The maximum atomic E-state index is 14.2. The predicted octanol–water partition coefficient (Wildman–Crippen LogP) is 2.75. The van der Waals surface area contributed by atoms with Crippen LogP contribution in [0.5, 0.6) is 0 Å². The highest BCUT2D eigenvalue weighted by Gasteiger charge is 2.75. The summed E-state index contributed by atoms with van der Waals surface area (Å²) in [6.45, 7) is 6.06. The first-order valence-electron chi connectivity index (χ1n) is 13.6. The number of nitrogens with zero attached hydrogens (tertiary/aromatic N) is 1. The van der Waals surface area contributed by atoms with Gasteiger partial charge >= 0.3 is 0 Å². The number of likely N-dealkylation sites (tertiary alicyclic amines) is 1. The first-order chi connectivity index (χ1) is 18.3. The van der Waals surface area contributed by atoms with Gasteiger partial charge in [-0.05, 0) is 62.3 Å². The number of rotatable bonds is 9. The van der Waals surface area contributed by atoms with Gasteiger partial charge in [-0.25, -0.2) is 0 Å². The summed E-state index contributed by atoms with van der Waals surface area (Å²) in [7, 11) is 0. The van der Waals surface area contributed by atoms with Crippen LogP contribution in [0, 0.1) is 25.7 Å². The van der Waals surface area contributed by atoms with Crippen LogP contribution in [0.2, 0.25) is 0 Å². The van der Waals surface area contributed by atoms with E-state index >= 15 is 0 Å². The van der Waals surface area contributed by atoms with Crippen LogP contribution in [0.4, 0.5) is 5.69 Å². The van der Waals surface area contributed by atoms with Gasteiger partial charge in [0.1, 0.15) is 11.6 Å². The van der Waals surface area contributed by atoms with Crippen molar-refractivity contribution in [1.82, 2.24) is 10.2 Å². The van der Waals surface area contributed by atoms with Crippen LogP contribution in [0.25, 0.3) is 0 Å². The zero-order valence-electron chi connectivity index (χ0n) is 22.3. The summed E-state index contributed by atoms with van der Waals surface area (Å²) in [6.07, 6.45) is 1.88. The van der Waals surface area contributed by atoms with Gasteiger partial charge in [-0.15, -0.1) is 0 Å². The van der Waals surface area contributed by atoms with Crippen molar-refractivity contribution in [2.45, 2.75) is 70.2 Å². The molecule has 3 heterocycles. The van der Waals surface area contributed by atoms with Crippen LogP contribution in [0.1, 0.15) is 42.9 Å². The number of aliphatic hydroxyl groups is 1. The Morgan fingerprint density at radius 1 is 1.16 bits per heavy atom. The van der Waals surface area contributed by atoms with Crippen molar-refractivity contribution in [1.29, 1.82) is 0 Å². The molecule has 2 unspecified atom stereocenters. The van der Waals surface area contributed by atoms with Crippen molar-refractivity contribution in [2.75, 3.05) is 18.5 Å². The van der Waals surface area contributed by atoms with Gasteiger partial charge in [0.15, 0.2) is 0 Å². The number of carbonyl (C=O) groups excluding carboxylic acids is 3. The molecule has 5 rings (SSSR count). The Hall–Kier alpha value is -3.23. The van der Waals surface area contributed by atoms with E-state index < -0.39 is 35.6 Å². The lowest BCUT2D eigenvalue weighted by Gasteiger charge is -2.37. The zero-order valence-corrected chi connectivity index (χ0v) is 22.3. The lowest BCUT2D eigenvalue weighted by molar-refractivity contribution is -0.144. The summed E-state index contributed by atoms with van der Waals surface area (Å²) in [5, 5.41) is 16.5. The number of fused-ring (bicyclic) bond motifs is 1. The largest absolute Gasteiger partial charge is 0.394 e. The van der Waals surface area contributed by atoms with E-state index in [-0.39, 0.29) is 24.3 Å². The van der Waals surface area contributed by atoms with E-state index in [1.165, 1.54) is 4.90 Å². The zero-order chi connectivity index (χ0) is 27.0. The van der Waals surface area contributed by atoms with Gasteiger partial charge in [-0.2, -0.15) is 0 Å². The Labute approximate surface area is 223 Å². The van der Waals surface area contributed by atoms with E-state index in [4.69, 9.17) is 4.74 Å². The van der Waals surface area contributed by atoms with E-state index in [2.05, 4.69) is 10.6 Å². The van der Waals surface area contributed by atoms with Crippen LogP contribution in [0.15, 0.2) is 48.5 Å². The first-order valence-corrected chi connectivity index (χ1v) is 13.6. The van der Waals surface area contributed by atoms with Crippen molar-refractivity contribution in [2.24, 2.45) is 11.8 Å². The lowest BCUT2D eigenvalue weighted by Crippen LogP contribution is -2.56. The topological polar surface area (TPSA) is 108 Å². The van der Waals surface area contributed by atoms with Crippen LogP contribution in [0.3, 0.4) is 0 Å². The van der Waals surface area contributed by atoms with Gasteiger partial charge in [0.25, 0.3) is 0 Å². The fourth-order valence-corrected chi connectivity index (χ4v) is 6.66. The third kappa shape index (κ3) is 4.39. The van der Waals surface area contributed by atoms with Crippen LogP contribution in [-0.2, 0) is 25.5 Å². The summed E-state index contributed by atoms with van der Waals surface area (Å²) in [4.78, 5) is 43.1. The molecule has 3 fully saturated rings. The number of ether oxygens (including phenoxy) is 1. The van der Waals surface area contributed by atoms with Gasteiger partial charge in [0.2, 0.25) is 17.7 Å². The summed E-state index contributed by atoms with van der Waals surface area (Å²) < 4.78 is 6.50. The second-order valence-corrected chi connectivity index (χ2v) is 10.9. The third-order valence-corrected chi connectivity index (χ3v) is 8.41.